The average Bonchev–Trinajstić information content (AvgIpc) is 3.56. The van der Waals surface area contributed by atoms with E-state index in [0.29, 0.717) is 52.0 Å². The van der Waals surface area contributed by atoms with Crippen molar-refractivity contribution in [1.29, 1.82) is 0 Å². The molecule has 9 rings (SSSR count). The second-order valence-electron chi connectivity index (χ2n) is 15.7. The molecule has 2 atom stereocenters. The molecule has 2 unspecified atom stereocenters. The van der Waals surface area contributed by atoms with Gasteiger partial charge < -0.3 is 24.8 Å². The number of benzene rings is 7. The summed E-state index contributed by atoms with van der Waals surface area (Å²) in [6, 6.07) is 47.2. The number of ketones is 2. The molecule has 1 aliphatic heterocycles. The first-order chi connectivity index (χ1) is 31.0. The van der Waals surface area contributed by atoms with E-state index < -0.39 is 23.8 Å². The summed E-state index contributed by atoms with van der Waals surface area (Å²) in [4.78, 5) is 55.2. The Kier molecular flexibility index (Phi) is 13.8. The summed E-state index contributed by atoms with van der Waals surface area (Å²) in [6.07, 6.45) is 0.734. The van der Waals surface area contributed by atoms with E-state index in [2.05, 4.69) is 0 Å². The number of aliphatic hydroxyl groups excluding tert-OH is 1. The van der Waals surface area contributed by atoms with Crippen molar-refractivity contribution in [1.82, 2.24) is 0 Å². The van der Waals surface area contributed by atoms with Crippen LogP contribution in [0.4, 0.5) is 5.69 Å². The van der Waals surface area contributed by atoms with Gasteiger partial charge in [-0.25, -0.2) is 4.90 Å². The maximum atomic E-state index is 13.6. The lowest BCUT2D eigenvalue weighted by atomic mass is 9.79. The van der Waals surface area contributed by atoms with Gasteiger partial charge in [-0.05, 0) is 146 Å². The highest BCUT2D eigenvalue weighted by atomic mass is 16.5. The quantitative estimate of drug-likeness (QED) is 0.119. The number of anilines is 1. The normalized spacial score (nSPS) is 14.4. The predicted molar refractivity (Wildman–Crippen MR) is 250 cm³/mol. The van der Waals surface area contributed by atoms with Crippen LogP contribution in [-0.2, 0) is 12.8 Å². The molecular formula is C55H49NO9. The third-order valence-electron chi connectivity index (χ3n) is 11.2. The highest BCUT2D eigenvalue weighted by Crippen LogP contribution is 2.36. The summed E-state index contributed by atoms with van der Waals surface area (Å²) in [5, 5.41) is 9.76. The molecule has 7 aromatic carbocycles. The SMILES string of the molecule is CC.Cc1ccc(Oc2ccc(CC3CC(=O)c4cc(Oc5ccc6c(c5)C(=O)N(c5ccc(Oc7ccc(Cc8ccc(C(C)O)cc8)cc7)cc5)C6=O)ccc4C3=O)cc2)cc1.O. The van der Waals surface area contributed by atoms with E-state index in [9.17, 15) is 24.3 Å². The molecule has 328 valence electrons. The zero-order valence-corrected chi connectivity index (χ0v) is 36.5. The highest BCUT2D eigenvalue weighted by Gasteiger charge is 2.37. The van der Waals surface area contributed by atoms with Crippen LogP contribution in [0.1, 0.15) is 103 Å². The standard InChI is InChI=1S/C53H41NO8.C2H6.H2O/c1-32-3-15-40(16-4-32)60-42-19-9-36(10-20-42)28-38-29-50(56)48-30-44(23-25-46(48)51(38)57)62-45-24-26-47-49(31-45)53(59)54(52(47)58)39-13-21-43(22-14-39)61-41-17-7-35(8-18-41)27-34-5-11-37(12-6-34)33(2)55;1-2;/h3-26,30-31,33,38,55H,27-29H2,1-2H3;1-2H3;1H2. The molecule has 65 heavy (non-hydrogen) atoms. The Hall–Kier alpha value is -7.66. The highest BCUT2D eigenvalue weighted by molar-refractivity contribution is 6.34. The Morgan fingerprint density at radius 1 is 0.538 bits per heavy atom. The Labute approximate surface area is 378 Å². The molecule has 10 heteroatoms. The average molecular weight is 868 g/mol. The Morgan fingerprint density at radius 2 is 0.969 bits per heavy atom. The maximum Gasteiger partial charge on any atom is 0.266 e. The van der Waals surface area contributed by atoms with Crippen LogP contribution in [0.5, 0.6) is 34.5 Å². The number of carbonyl (C=O) groups is 4. The van der Waals surface area contributed by atoms with Gasteiger partial charge in [0, 0.05) is 23.5 Å². The van der Waals surface area contributed by atoms with Gasteiger partial charge in [-0.2, -0.15) is 0 Å². The Morgan fingerprint density at radius 3 is 1.52 bits per heavy atom. The van der Waals surface area contributed by atoms with Crippen LogP contribution in [0.15, 0.2) is 158 Å². The summed E-state index contributed by atoms with van der Waals surface area (Å²) >= 11 is 0. The third kappa shape index (κ3) is 10.1. The zero-order chi connectivity index (χ0) is 44.9. The lowest BCUT2D eigenvalue weighted by Gasteiger charge is -2.23. The van der Waals surface area contributed by atoms with Crippen LogP contribution >= 0.6 is 0 Å². The summed E-state index contributed by atoms with van der Waals surface area (Å²) in [5.74, 6) is 1.53. The van der Waals surface area contributed by atoms with Crippen LogP contribution in [0.25, 0.3) is 0 Å². The number of aryl methyl sites for hydroxylation is 1. The van der Waals surface area contributed by atoms with E-state index in [-0.39, 0.29) is 34.6 Å². The number of carbonyl (C=O) groups excluding carboxylic acids is 4. The van der Waals surface area contributed by atoms with E-state index in [4.69, 9.17) is 14.2 Å². The van der Waals surface area contributed by atoms with E-state index in [0.717, 1.165) is 44.9 Å². The van der Waals surface area contributed by atoms with Gasteiger partial charge >= 0.3 is 0 Å². The van der Waals surface area contributed by atoms with Gasteiger partial charge in [0.1, 0.15) is 34.5 Å². The molecule has 2 amide bonds. The first-order valence-corrected chi connectivity index (χ1v) is 21.4. The van der Waals surface area contributed by atoms with Crippen molar-refractivity contribution in [2.24, 2.45) is 5.92 Å². The van der Waals surface area contributed by atoms with E-state index in [1.807, 2.05) is 118 Å². The number of rotatable bonds is 12. The molecule has 10 nitrogen and oxygen atoms in total. The van der Waals surface area contributed by atoms with Crippen molar-refractivity contribution < 1.29 is 44.0 Å². The number of imide groups is 1. The summed E-state index contributed by atoms with van der Waals surface area (Å²) < 4.78 is 18.1. The summed E-state index contributed by atoms with van der Waals surface area (Å²) in [5.41, 5.74) is 6.67. The minimum atomic E-state index is -0.501. The number of hydrogen-bond acceptors (Lipinski definition) is 8. The lowest BCUT2D eigenvalue weighted by Crippen LogP contribution is -2.29. The summed E-state index contributed by atoms with van der Waals surface area (Å²) in [7, 11) is 0. The minimum absolute atomic E-state index is 0. The molecule has 3 N–H and O–H groups in total. The zero-order valence-electron chi connectivity index (χ0n) is 36.5. The molecule has 7 aromatic rings. The van der Waals surface area contributed by atoms with E-state index in [1.165, 1.54) is 6.07 Å². The van der Waals surface area contributed by atoms with Gasteiger partial charge in [-0.1, -0.05) is 80.1 Å². The van der Waals surface area contributed by atoms with E-state index in [1.54, 1.807) is 61.5 Å². The van der Waals surface area contributed by atoms with Crippen molar-refractivity contribution in [3.8, 4) is 34.5 Å². The molecule has 0 spiro atoms. The van der Waals surface area contributed by atoms with Gasteiger partial charge in [0.25, 0.3) is 11.8 Å². The Balaban J connectivity index is 0.00000207. The van der Waals surface area contributed by atoms with Gasteiger partial charge in [-0.3, -0.25) is 19.2 Å². The number of nitrogens with zero attached hydrogens (tertiary/aromatic N) is 1. The number of aliphatic hydroxyl groups is 1. The number of ether oxygens (including phenoxy) is 3. The third-order valence-corrected chi connectivity index (χ3v) is 11.2. The van der Waals surface area contributed by atoms with Crippen LogP contribution < -0.4 is 19.1 Å². The van der Waals surface area contributed by atoms with Crippen molar-refractivity contribution >= 4 is 29.1 Å². The smallest absolute Gasteiger partial charge is 0.266 e. The van der Waals surface area contributed by atoms with Gasteiger partial charge in [-0.15, -0.1) is 0 Å². The second-order valence-corrected chi connectivity index (χ2v) is 15.7. The van der Waals surface area contributed by atoms with Crippen molar-refractivity contribution in [3.05, 3.63) is 208 Å². The van der Waals surface area contributed by atoms with Gasteiger partial charge in [0.2, 0.25) is 0 Å². The maximum absolute atomic E-state index is 13.6. The molecule has 0 radical (unpaired) electrons. The number of Topliss-reactive ketones (excluding diaryl/α,β-unsaturated/α-hetero) is 2. The fourth-order valence-electron chi connectivity index (χ4n) is 7.84. The summed E-state index contributed by atoms with van der Waals surface area (Å²) in [6.45, 7) is 7.76. The molecule has 1 aliphatic carbocycles. The van der Waals surface area contributed by atoms with Crippen LogP contribution in [0, 0.1) is 12.8 Å². The van der Waals surface area contributed by atoms with Crippen LogP contribution in [-0.4, -0.2) is 34.0 Å². The molecule has 0 bridgehead atoms. The fraction of sp³-hybridized carbons (Fsp3) is 0.164. The molecule has 0 saturated heterocycles. The predicted octanol–water partition coefficient (Wildman–Crippen LogP) is 11.6. The molecule has 0 aromatic heterocycles. The Bertz CT molecular complexity index is 2830. The fourth-order valence-corrected chi connectivity index (χ4v) is 7.84. The van der Waals surface area contributed by atoms with E-state index >= 15 is 0 Å². The number of fused-ring (bicyclic) bond motifs is 2. The largest absolute Gasteiger partial charge is 0.457 e. The molecular weight excluding hydrogens is 819 g/mol. The molecule has 0 fully saturated rings. The van der Waals surface area contributed by atoms with Crippen molar-refractivity contribution in [2.75, 3.05) is 4.90 Å². The minimum Gasteiger partial charge on any atom is -0.457 e. The van der Waals surface area contributed by atoms with Crippen LogP contribution in [0.3, 0.4) is 0 Å². The molecule has 2 aliphatic rings. The monoisotopic (exact) mass is 867 g/mol. The first-order valence-electron chi connectivity index (χ1n) is 21.4. The molecule has 0 saturated carbocycles. The first kappa shape index (κ1) is 45.4. The molecule has 1 heterocycles. The number of amides is 2. The number of hydrogen-bond donors (Lipinski definition) is 1. The lowest BCUT2D eigenvalue weighted by molar-refractivity contribution is 0.0823. The van der Waals surface area contributed by atoms with Crippen molar-refractivity contribution in [2.45, 2.75) is 53.1 Å². The topological polar surface area (TPSA) is 151 Å². The van der Waals surface area contributed by atoms with Gasteiger partial charge in [0.05, 0.1) is 22.9 Å². The van der Waals surface area contributed by atoms with Gasteiger partial charge in [0.15, 0.2) is 11.6 Å². The van der Waals surface area contributed by atoms with Crippen LogP contribution in [0.2, 0.25) is 0 Å². The second kappa shape index (κ2) is 19.8. The van der Waals surface area contributed by atoms with Crippen molar-refractivity contribution in [3.63, 3.8) is 0 Å².